The van der Waals surface area contributed by atoms with Gasteiger partial charge >= 0.3 is 0 Å². The van der Waals surface area contributed by atoms with Gasteiger partial charge < -0.3 is 19.5 Å². The van der Waals surface area contributed by atoms with Crippen LogP contribution < -0.4 is 5.32 Å². The van der Waals surface area contributed by atoms with Crippen LogP contribution in [0.3, 0.4) is 0 Å². The number of hydrogen-bond acceptors (Lipinski definition) is 5. The quantitative estimate of drug-likeness (QED) is 0.352. The van der Waals surface area contributed by atoms with Gasteiger partial charge in [0.05, 0.1) is 13.2 Å². The fourth-order valence-electron chi connectivity index (χ4n) is 3.22. The molecule has 0 aliphatic heterocycles. The first-order valence-corrected chi connectivity index (χ1v) is 11.1. The average molecular weight is 410 g/mol. The summed E-state index contributed by atoms with van der Waals surface area (Å²) >= 11 is 0. The van der Waals surface area contributed by atoms with E-state index in [2.05, 4.69) is 21.9 Å². The van der Waals surface area contributed by atoms with Gasteiger partial charge in [0.25, 0.3) is 0 Å². The van der Waals surface area contributed by atoms with Crippen molar-refractivity contribution in [3.05, 3.63) is 12.3 Å². The highest BCUT2D eigenvalue weighted by molar-refractivity contribution is 5.93. The second-order valence-corrected chi connectivity index (χ2v) is 7.53. The minimum absolute atomic E-state index is 0.00623. The third-order valence-electron chi connectivity index (χ3n) is 4.95. The van der Waals surface area contributed by atoms with Crippen LogP contribution in [-0.2, 0) is 14.3 Å². The standard InChI is InChI=1S/C22H39N3O4/c1-3-4-5-6-7-8-9-10-11-12-13-14-22(27)25(16-18-28-2)19-21(26)23-20-15-17-29-24-20/h15,17H,3-14,16,18-19H2,1-2H3,(H,23,24,26). The Balaban J connectivity index is 2.15. The maximum absolute atomic E-state index is 12.5. The number of hydrogen-bond donors (Lipinski definition) is 1. The number of rotatable bonds is 18. The number of unbranched alkanes of at least 4 members (excludes halogenated alkanes) is 10. The van der Waals surface area contributed by atoms with Crippen molar-refractivity contribution >= 4 is 17.6 Å². The maximum Gasteiger partial charge on any atom is 0.245 e. The molecule has 0 aliphatic rings. The van der Waals surface area contributed by atoms with Crippen LogP contribution in [0.1, 0.15) is 84.0 Å². The molecular formula is C22H39N3O4. The van der Waals surface area contributed by atoms with Gasteiger partial charge in [0, 0.05) is 26.1 Å². The van der Waals surface area contributed by atoms with E-state index in [1.165, 1.54) is 64.1 Å². The SMILES string of the molecule is CCCCCCCCCCCCCC(=O)N(CCOC)CC(=O)Nc1ccon1. The van der Waals surface area contributed by atoms with Gasteiger partial charge in [-0.1, -0.05) is 76.3 Å². The van der Waals surface area contributed by atoms with Crippen LogP contribution in [0, 0.1) is 0 Å². The van der Waals surface area contributed by atoms with Gasteiger partial charge in [-0.25, -0.2) is 0 Å². The number of amides is 2. The molecule has 0 bridgehead atoms. The second kappa shape index (κ2) is 17.0. The molecule has 0 radical (unpaired) electrons. The zero-order chi connectivity index (χ0) is 21.2. The van der Waals surface area contributed by atoms with Crippen LogP contribution in [0.5, 0.6) is 0 Å². The molecule has 1 heterocycles. The maximum atomic E-state index is 12.5. The minimum Gasteiger partial charge on any atom is -0.383 e. The average Bonchev–Trinajstić information content (AvgIpc) is 3.22. The Labute approximate surface area is 175 Å². The topological polar surface area (TPSA) is 84.7 Å². The highest BCUT2D eigenvalue weighted by Crippen LogP contribution is 2.12. The third kappa shape index (κ3) is 13.0. The molecule has 1 rings (SSSR count). The number of methoxy groups -OCH3 is 1. The van der Waals surface area contributed by atoms with E-state index in [0.717, 1.165) is 12.8 Å². The van der Waals surface area contributed by atoms with E-state index in [-0.39, 0.29) is 18.4 Å². The van der Waals surface area contributed by atoms with Gasteiger partial charge in [-0.15, -0.1) is 0 Å². The molecule has 1 aromatic rings. The molecule has 0 atom stereocenters. The fraction of sp³-hybridized carbons (Fsp3) is 0.773. The summed E-state index contributed by atoms with van der Waals surface area (Å²) in [6.45, 7) is 3.04. The fourth-order valence-corrected chi connectivity index (χ4v) is 3.22. The number of aromatic nitrogens is 1. The Kier molecular flexibility index (Phi) is 14.7. The first-order valence-electron chi connectivity index (χ1n) is 11.1. The summed E-state index contributed by atoms with van der Waals surface area (Å²) in [6, 6.07) is 1.56. The van der Waals surface area contributed by atoms with Crippen LogP contribution in [0.4, 0.5) is 5.82 Å². The van der Waals surface area contributed by atoms with Gasteiger partial charge in [0.1, 0.15) is 6.26 Å². The van der Waals surface area contributed by atoms with Crippen molar-refractivity contribution in [2.24, 2.45) is 0 Å². The number of nitrogens with zero attached hydrogens (tertiary/aromatic N) is 2. The van der Waals surface area contributed by atoms with Crippen LogP contribution >= 0.6 is 0 Å². The normalized spacial score (nSPS) is 10.8. The minimum atomic E-state index is -0.290. The molecule has 1 aromatic heterocycles. The van der Waals surface area contributed by atoms with Crippen molar-refractivity contribution in [3.8, 4) is 0 Å². The van der Waals surface area contributed by atoms with Crippen LogP contribution in [0.15, 0.2) is 16.9 Å². The molecule has 0 spiro atoms. The zero-order valence-corrected chi connectivity index (χ0v) is 18.3. The summed E-state index contributed by atoms with van der Waals surface area (Å²) in [4.78, 5) is 26.2. The molecule has 2 amide bonds. The zero-order valence-electron chi connectivity index (χ0n) is 18.3. The van der Waals surface area contributed by atoms with E-state index in [4.69, 9.17) is 4.74 Å². The van der Waals surface area contributed by atoms with Gasteiger partial charge in [-0.05, 0) is 6.42 Å². The molecular weight excluding hydrogens is 370 g/mol. The Morgan fingerprint density at radius 1 is 1.03 bits per heavy atom. The van der Waals surface area contributed by atoms with Gasteiger partial charge in [-0.2, -0.15) is 0 Å². The highest BCUT2D eigenvalue weighted by atomic mass is 16.5. The van der Waals surface area contributed by atoms with Gasteiger partial charge in [0.15, 0.2) is 5.82 Å². The lowest BCUT2D eigenvalue weighted by atomic mass is 10.1. The lowest BCUT2D eigenvalue weighted by molar-refractivity contribution is -0.135. The molecule has 166 valence electrons. The Hall–Kier alpha value is -1.89. The molecule has 1 N–H and O–H groups in total. The lowest BCUT2D eigenvalue weighted by Crippen LogP contribution is -2.39. The van der Waals surface area contributed by atoms with E-state index >= 15 is 0 Å². The third-order valence-corrected chi connectivity index (χ3v) is 4.95. The van der Waals surface area contributed by atoms with Crippen LogP contribution in [-0.4, -0.2) is 48.7 Å². The van der Waals surface area contributed by atoms with Crippen molar-refractivity contribution in [2.45, 2.75) is 84.0 Å². The molecule has 0 aliphatic carbocycles. The van der Waals surface area contributed by atoms with Crippen molar-refractivity contribution < 1.29 is 18.8 Å². The van der Waals surface area contributed by atoms with E-state index in [1.54, 1.807) is 18.1 Å². The summed E-state index contributed by atoms with van der Waals surface area (Å²) in [5, 5.41) is 6.26. The van der Waals surface area contributed by atoms with E-state index < -0.39 is 0 Å². The van der Waals surface area contributed by atoms with Crippen molar-refractivity contribution in [1.82, 2.24) is 10.1 Å². The predicted molar refractivity (Wildman–Crippen MR) is 115 cm³/mol. The Bertz CT molecular complexity index is 534. The van der Waals surface area contributed by atoms with E-state index in [9.17, 15) is 9.59 Å². The number of ether oxygens (including phenoxy) is 1. The predicted octanol–water partition coefficient (Wildman–Crippen LogP) is 4.79. The summed E-state index contributed by atoms with van der Waals surface area (Å²) < 4.78 is 9.76. The largest absolute Gasteiger partial charge is 0.383 e. The molecule has 0 unspecified atom stereocenters. The summed E-state index contributed by atoms with van der Waals surface area (Å²) in [5.74, 6) is 0.0510. The molecule has 0 saturated heterocycles. The molecule has 0 aromatic carbocycles. The first-order chi connectivity index (χ1) is 14.2. The van der Waals surface area contributed by atoms with Crippen LogP contribution in [0.25, 0.3) is 0 Å². The Morgan fingerprint density at radius 2 is 1.66 bits per heavy atom. The summed E-state index contributed by atoms with van der Waals surface area (Å²) in [6.07, 6.45) is 15.6. The van der Waals surface area contributed by atoms with Gasteiger partial charge in [-0.3, -0.25) is 9.59 Å². The van der Waals surface area contributed by atoms with Crippen molar-refractivity contribution in [2.75, 3.05) is 32.1 Å². The van der Waals surface area contributed by atoms with Gasteiger partial charge in [0.2, 0.25) is 11.8 Å². The smallest absolute Gasteiger partial charge is 0.245 e. The molecule has 7 nitrogen and oxygen atoms in total. The summed E-state index contributed by atoms with van der Waals surface area (Å²) in [5.41, 5.74) is 0. The number of nitrogens with one attached hydrogen (secondary N) is 1. The highest BCUT2D eigenvalue weighted by Gasteiger charge is 2.17. The monoisotopic (exact) mass is 409 g/mol. The number of anilines is 1. The van der Waals surface area contributed by atoms with E-state index in [1.807, 2.05) is 0 Å². The number of carbonyl (C=O) groups excluding carboxylic acids is 2. The van der Waals surface area contributed by atoms with Crippen molar-refractivity contribution in [1.29, 1.82) is 0 Å². The first kappa shape index (κ1) is 25.1. The molecule has 0 saturated carbocycles. The summed E-state index contributed by atoms with van der Waals surface area (Å²) in [7, 11) is 1.59. The number of carbonyl (C=O) groups is 2. The Morgan fingerprint density at radius 3 is 2.21 bits per heavy atom. The van der Waals surface area contributed by atoms with Crippen LogP contribution in [0.2, 0.25) is 0 Å². The molecule has 0 fully saturated rings. The lowest BCUT2D eigenvalue weighted by Gasteiger charge is -2.21. The van der Waals surface area contributed by atoms with E-state index in [0.29, 0.717) is 25.4 Å². The molecule has 29 heavy (non-hydrogen) atoms. The van der Waals surface area contributed by atoms with Crippen molar-refractivity contribution in [3.63, 3.8) is 0 Å². The second-order valence-electron chi connectivity index (χ2n) is 7.53. The molecule has 7 heteroatoms.